The number of aryl methyl sites for hydroxylation is 1. The number of carbonyl (C=O) groups is 1. The summed E-state index contributed by atoms with van der Waals surface area (Å²) >= 11 is 1.18. The van der Waals surface area contributed by atoms with Gasteiger partial charge in [0.1, 0.15) is 18.2 Å². The number of amidine groups is 1. The van der Waals surface area contributed by atoms with Gasteiger partial charge < -0.3 is 14.8 Å². The number of aliphatic imine (C=N–C) groups is 1. The number of para-hydroxylation sites is 1. The molecule has 1 unspecified atom stereocenters. The number of halogens is 3. The summed E-state index contributed by atoms with van der Waals surface area (Å²) in [6, 6.07) is 20.2. The standard InChI is InChI=1S/C34H35F3N8O4S/c1-6-44-33(47)45(28-10-8-7-9-27(28)21(2)3)32(50-44)41-31(48-5)40-29(39-22(4)46)19-23-11-13-24(14-12-23)30-38-20-43(42-30)25-15-17-26(18-16-25)49-34(35,36)37/h7-18,20-21,29H,6,19H2,1-5H3,(H,39,46). The van der Waals surface area contributed by atoms with Crippen molar-refractivity contribution in [3.8, 4) is 28.5 Å². The van der Waals surface area contributed by atoms with Gasteiger partial charge >= 0.3 is 18.1 Å². The van der Waals surface area contributed by atoms with Crippen molar-refractivity contribution < 1.29 is 27.4 Å². The predicted molar refractivity (Wildman–Crippen MR) is 182 cm³/mol. The Morgan fingerprint density at radius 3 is 2.36 bits per heavy atom. The van der Waals surface area contributed by atoms with Crippen LogP contribution in [0.25, 0.3) is 22.8 Å². The highest BCUT2D eigenvalue weighted by molar-refractivity contribution is 7.03. The molecule has 262 valence electrons. The highest BCUT2D eigenvalue weighted by atomic mass is 32.1. The van der Waals surface area contributed by atoms with E-state index >= 15 is 0 Å². The van der Waals surface area contributed by atoms with Gasteiger partial charge in [-0.05, 0) is 65.8 Å². The van der Waals surface area contributed by atoms with Crippen molar-refractivity contribution in [1.82, 2.24) is 28.6 Å². The van der Waals surface area contributed by atoms with Crippen LogP contribution in [0, 0.1) is 0 Å². The molecule has 5 rings (SSSR count). The number of ether oxygens (including phenoxy) is 2. The maximum Gasteiger partial charge on any atom is 0.573 e. The summed E-state index contributed by atoms with van der Waals surface area (Å²) < 4.78 is 51.5. The van der Waals surface area contributed by atoms with Crippen LogP contribution in [0.2, 0.25) is 0 Å². The van der Waals surface area contributed by atoms with E-state index in [4.69, 9.17) is 4.74 Å². The summed E-state index contributed by atoms with van der Waals surface area (Å²) in [6.45, 7) is 7.83. The fourth-order valence-electron chi connectivity index (χ4n) is 5.07. The molecule has 0 saturated carbocycles. The van der Waals surface area contributed by atoms with Crippen LogP contribution in [-0.4, -0.2) is 54.9 Å². The fraction of sp³-hybridized carbons (Fsp3) is 0.294. The van der Waals surface area contributed by atoms with E-state index < -0.39 is 12.5 Å². The Morgan fingerprint density at radius 1 is 1.04 bits per heavy atom. The number of methoxy groups -OCH3 is 1. The Morgan fingerprint density at radius 2 is 1.74 bits per heavy atom. The van der Waals surface area contributed by atoms with E-state index in [1.54, 1.807) is 8.52 Å². The van der Waals surface area contributed by atoms with E-state index in [0.29, 0.717) is 34.8 Å². The van der Waals surface area contributed by atoms with Crippen LogP contribution < -0.4 is 20.5 Å². The number of aromatic nitrogens is 5. The molecule has 0 aliphatic heterocycles. The van der Waals surface area contributed by atoms with E-state index in [-0.39, 0.29) is 29.3 Å². The normalized spacial score (nSPS) is 13.1. The molecule has 2 aromatic heterocycles. The maximum atomic E-state index is 13.4. The Balaban J connectivity index is 1.39. The van der Waals surface area contributed by atoms with E-state index in [2.05, 4.69) is 44.0 Å². The molecule has 0 radical (unpaired) electrons. The molecule has 12 nitrogen and oxygen atoms in total. The first-order valence-corrected chi connectivity index (χ1v) is 16.4. The monoisotopic (exact) mass is 708 g/mol. The molecule has 1 atom stereocenters. The number of nitrogens with zero attached hydrogens (tertiary/aromatic N) is 7. The second-order valence-electron chi connectivity index (χ2n) is 11.3. The third-order valence-electron chi connectivity index (χ3n) is 7.35. The van der Waals surface area contributed by atoms with Crippen molar-refractivity contribution in [2.75, 3.05) is 7.11 Å². The molecule has 1 N–H and O–H groups in total. The first-order valence-electron chi connectivity index (χ1n) is 15.6. The third kappa shape index (κ3) is 8.74. The average molecular weight is 709 g/mol. The highest BCUT2D eigenvalue weighted by Crippen LogP contribution is 2.25. The highest BCUT2D eigenvalue weighted by Gasteiger charge is 2.31. The van der Waals surface area contributed by atoms with Gasteiger partial charge in [-0.1, -0.05) is 56.3 Å². The zero-order chi connectivity index (χ0) is 36.0. The minimum absolute atomic E-state index is 0.0200. The SMILES string of the molecule is CCn1sc(=NC(=NC(Cc2ccc(-c3ncn(-c4ccc(OC(F)(F)F)cc4)n3)cc2)NC(C)=O)OC)n(-c2ccccc2C(C)C)c1=O. The summed E-state index contributed by atoms with van der Waals surface area (Å²) in [5.41, 5.74) is 3.49. The Kier molecular flexibility index (Phi) is 11.0. The zero-order valence-electron chi connectivity index (χ0n) is 27.9. The van der Waals surface area contributed by atoms with Crippen molar-refractivity contribution in [1.29, 1.82) is 0 Å². The lowest BCUT2D eigenvalue weighted by Gasteiger charge is -2.15. The molecule has 0 saturated heterocycles. The van der Waals surface area contributed by atoms with Crippen LogP contribution in [-0.2, 0) is 22.5 Å². The second kappa shape index (κ2) is 15.4. The van der Waals surface area contributed by atoms with Crippen molar-refractivity contribution in [2.24, 2.45) is 9.98 Å². The largest absolute Gasteiger partial charge is 0.573 e. The minimum Gasteiger partial charge on any atom is -0.467 e. The lowest BCUT2D eigenvalue weighted by molar-refractivity contribution is -0.274. The smallest absolute Gasteiger partial charge is 0.467 e. The Hall–Kier alpha value is -5.51. The summed E-state index contributed by atoms with van der Waals surface area (Å²) in [5.74, 6) is -0.0918. The van der Waals surface area contributed by atoms with Crippen molar-refractivity contribution in [3.05, 3.63) is 106 Å². The third-order valence-corrected chi connectivity index (χ3v) is 8.42. The fourth-order valence-corrected chi connectivity index (χ4v) is 5.93. The van der Waals surface area contributed by atoms with Crippen LogP contribution in [0.4, 0.5) is 13.2 Å². The van der Waals surface area contributed by atoms with Gasteiger partial charge in [-0.2, -0.15) is 4.99 Å². The van der Waals surface area contributed by atoms with Gasteiger partial charge in [0.25, 0.3) is 0 Å². The first kappa shape index (κ1) is 35.8. The maximum absolute atomic E-state index is 13.4. The molecule has 0 aliphatic rings. The molecular formula is C34H35F3N8O4S. The van der Waals surface area contributed by atoms with Gasteiger partial charge in [-0.15, -0.1) is 18.3 Å². The number of amides is 1. The van der Waals surface area contributed by atoms with Gasteiger partial charge in [0.15, 0.2) is 5.82 Å². The van der Waals surface area contributed by atoms with E-state index in [9.17, 15) is 22.8 Å². The number of hydrogen-bond donors (Lipinski definition) is 1. The lowest BCUT2D eigenvalue weighted by Crippen LogP contribution is -2.34. The predicted octanol–water partition coefficient (Wildman–Crippen LogP) is 5.60. The number of hydrogen-bond acceptors (Lipinski definition) is 8. The molecule has 5 aromatic rings. The number of carbonyl (C=O) groups excluding carboxylic acids is 1. The van der Waals surface area contributed by atoms with Crippen LogP contribution in [0.5, 0.6) is 5.75 Å². The van der Waals surface area contributed by atoms with E-state index in [0.717, 1.165) is 16.8 Å². The lowest BCUT2D eigenvalue weighted by atomic mass is 10.0. The number of benzene rings is 3. The molecule has 0 aliphatic carbocycles. The quantitative estimate of drug-likeness (QED) is 0.149. The second-order valence-corrected chi connectivity index (χ2v) is 12.3. The topological polar surface area (TPSA) is 130 Å². The Labute approximate surface area is 289 Å². The van der Waals surface area contributed by atoms with Crippen molar-refractivity contribution >= 4 is 23.5 Å². The van der Waals surface area contributed by atoms with Crippen LogP contribution in [0.3, 0.4) is 0 Å². The van der Waals surface area contributed by atoms with Crippen LogP contribution >= 0.6 is 11.5 Å². The minimum atomic E-state index is -4.78. The van der Waals surface area contributed by atoms with Gasteiger partial charge in [-0.25, -0.2) is 28.0 Å². The van der Waals surface area contributed by atoms with E-state index in [1.807, 2.05) is 55.5 Å². The van der Waals surface area contributed by atoms with Crippen LogP contribution in [0.15, 0.2) is 93.9 Å². The number of rotatable bonds is 10. The first-order chi connectivity index (χ1) is 23.8. The molecule has 16 heteroatoms. The van der Waals surface area contributed by atoms with E-state index in [1.165, 1.54) is 60.8 Å². The molecule has 0 spiro atoms. The van der Waals surface area contributed by atoms with Gasteiger partial charge in [-0.3, -0.25) is 4.79 Å². The molecule has 1 amide bonds. The summed E-state index contributed by atoms with van der Waals surface area (Å²) in [7, 11) is 1.42. The molecule has 2 heterocycles. The number of alkyl halides is 3. The Bertz CT molecular complexity index is 2100. The molecule has 50 heavy (non-hydrogen) atoms. The summed E-state index contributed by atoms with van der Waals surface area (Å²) in [4.78, 5) is 39.5. The summed E-state index contributed by atoms with van der Waals surface area (Å²) in [5, 5.41) is 7.27. The zero-order valence-corrected chi connectivity index (χ0v) is 28.7. The van der Waals surface area contributed by atoms with Gasteiger partial charge in [0.2, 0.25) is 10.7 Å². The number of nitrogens with one attached hydrogen (secondary N) is 1. The molecular weight excluding hydrogens is 673 g/mol. The van der Waals surface area contributed by atoms with Crippen LogP contribution in [0.1, 0.15) is 44.7 Å². The van der Waals surface area contributed by atoms with Gasteiger partial charge in [0, 0.05) is 25.5 Å². The van der Waals surface area contributed by atoms with Gasteiger partial charge in [0.05, 0.1) is 18.5 Å². The molecule has 0 bridgehead atoms. The van der Waals surface area contributed by atoms with Crippen molar-refractivity contribution in [2.45, 2.75) is 59.1 Å². The molecule has 3 aromatic carbocycles. The average Bonchev–Trinajstić information content (AvgIpc) is 3.68. The summed E-state index contributed by atoms with van der Waals surface area (Å²) in [6.07, 6.45) is -3.78. The molecule has 0 fully saturated rings. The van der Waals surface area contributed by atoms with Crippen molar-refractivity contribution in [3.63, 3.8) is 0 Å².